The highest BCUT2D eigenvalue weighted by Gasteiger charge is 2.13. The Kier molecular flexibility index (Phi) is 5.23. The number of nitriles is 1. The van der Waals surface area contributed by atoms with E-state index < -0.39 is 5.63 Å². The zero-order valence-electron chi connectivity index (χ0n) is 14.3. The third-order valence-electron chi connectivity index (χ3n) is 4.02. The van der Waals surface area contributed by atoms with E-state index in [1.807, 2.05) is 42.5 Å². The van der Waals surface area contributed by atoms with Crippen LogP contribution in [0.25, 0.3) is 27.8 Å². The second-order valence-corrected chi connectivity index (χ2v) is 7.84. The van der Waals surface area contributed by atoms with Gasteiger partial charge in [0, 0.05) is 20.5 Å². The summed E-state index contributed by atoms with van der Waals surface area (Å²) < 4.78 is 6.42. The van der Waals surface area contributed by atoms with Crippen molar-refractivity contribution in [2.24, 2.45) is 0 Å². The number of thiazole rings is 1. The molecule has 2 aromatic carbocycles. The Morgan fingerprint density at radius 3 is 2.82 bits per heavy atom. The molecule has 0 aliphatic carbocycles. The quantitative estimate of drug-likeness (QED) is 0.229. The van der Waals surface area contributed by atoms with Crippen LogP contribution in [0.4, 0.5) is 5.69 Å². The lowest BCUT2D eigenvalue weighted by Gasteiger charge is -2.03. The zero-order valence-corrected chi connectivity index (χ0v) is 17.3. The van der Waals surface area contributed by atoms with Crippen LogP contribution in [0.1, 0.15) is 5.01 Å². The predicted octanol–water partition coefficient (Wildman–Crippen LogP) is 5.50. The molecule has 0 spiro atoms. The van der Waals surface area contributed by atoms with Crippen LogP contribution in [0.3, 0.4) is 0 Å². The lowest BCUT2D eigenvalue weighted by atomic mass is 10.1. The molecule has 0 atom stereocenters. The molecule has 7 heteroatoms. The van der Waals surface area contributed by atoms with Crippen molar-refractivity contribution in [1.82, 2.24) is 4.98 Å². The molecule has 0 fully saturated rings. The van der Waals surface area contributed by atoms with Gasteiger partial charge in [0.1, 0.15) is 22.2 Å². The van der Waals surface area contributed by atoms with Crippen LogP contribution < -0.4 is 10.9 Å². The Bertz CT molecular complexity index is 1300. The molecule has 0 amide bonds. The van der Waals surface area contributed by atoms with Crippen LogP contribution >= 0.6 is 33.9 Å². The van der Waals surface area contributed by atoms with Gasteiger partial charge in [-0.1, -0.05) is 30.3 Å². The minimum Gasteiger partial charge on any atom is -0.422 e. The summed E-state index contributed by atoms with van der Waals surface area (Å²) in [6.07, 6.45) is 1.63. The lowest BCUT2D eigenvalue weighted by molar-refractivity contribution is 0.563. The van der Waals surface area contributed by atoms with Crippen molar-refractivity contribution in [3.05, 3.63) is 85.2 Å². The van der Waals surface area contributed by atoms with Crippen molar-refractivity contribution in [1.29, 1.82) is 5.26 Å². The number of nitrogens with one attached hydrogen (secondary N) is 1. The molecule has 2 heterocycles. The highest BCUT2D eigenvalue weighted by Crippen LogP contribution is 2.27. The number of para-hydroxylation sites is 2. The number of halogens is 1. The normalized spacial score (nSPS) is 11.4. The van der Waals surface area contributed by atoms with Crippen molar-refractivity contribution in [2.75, 3.05) is 5.32 Å². The topological polar surface area (TPSA) is 78.9 Å². The van der Waals surface area contributed by atoms with Crippen molar-refractivity contribution in [3.8, 4) is 17.3 Å². The molecule has 5 nitrogen and oxygen atoms in total. The standard InChI is InChI=1S/C21H12IN3O2S/c22-16-6-2-3-7-17(16)24-11-14(10-23)20-25-18(12-28-20)15-9-13-5-1-4-8-19(13)27-21(15)26/h1-9,11-12,24H/b14-11+. The van der Waals surface area contributed by atoms with Crippen molar-refractivity contribution in [2.45, 2.75) is 0 Å². The maximum atomic E-state index is 12.3. The van der Waals surface area contributed by atoms with E-state index in [2.05, 4.69) is 39.0 Å². The lowest BCUT2D eigenvalue weighted by Crippen LogP contribution is -2.02. The summed E-state index contributed by atoms with van der Waals surface area (Å²) in [6.45, 7) is 0. The number of nitrogens with zero attached hydrogens (tertiary/aromatic N) is 2. The maximum absolute atomic E-state index is 12.3. The van der Waals surface area contributed by atoms with Crippen molar-refractivity contribution < 1.29 is 4.42 Å². The van der Waals surface area contributed by atoms with Gasteiger partial charge >= 0.3 is 5.63 Å². The molecule has 4 rings (SSSR count). The largest absolute Gasteiger partial charge is 0.422 e. The molecule has 0 saturated carbocycles. The molecule has 0 unspecified atom stereocenters. The summed E-state index contributed by atoms with van der Waals surface area (Å²) in [5, 5.41) is 15.8. The van der Waals surface area contributed by atoms with Crippen LogP contribution in [0.5, 0.6) is 0 Å². The van der Waals surface area contributed by atoms with E-state index in [9.17, 15) is 10.1 Å². The third-order valence-corrected chi connectivity index (χ3v) is 5.83. The van der Waals surface area contributed by atoms with Gasteiger partial charge in [-0.05, 0) is 46.9 Å². The maximum Gasteiger partial charge on any atom is 0.345 e. The van der Waals surface area contributed by atoms with Gasteiger partial charge in [0.05, 0.1) is 16.9 Å². The predicted molar refractivity (Wildman–Crippen MR) is 120 cm³/mol. The van der Waals surface area contributed by atoms with E-state index >= 15 is 0 Å². The number of hydrogen-bond acceptors (Lipinski definition) is 6. The van der Waals surface area contributed by atoms with Crippen LogP contribution in [0, 0.1) is 14.9 Å². The van der Waals surface area contributed by atoms with Crippen molar-refractivity contribution in [3.63, 3.8) is 0 Å². The minimum absolute atomic E-state index is 0.379. The van der Waals surface area contributed by atoms with E-state index in [0.29, 0.717) is 27.4 Å². The Balaban J connectivity index is 1.68. The first-order valence-corrected chi connectivity index (χ1v) is 10.2. The molecular formula is C21H12IN3O2S. The van der Waals surface area contributed by atoms with Gasteiger partial charge in [0.25, 0.3) is 0 Å². The fourth-order valence-corrected chi connectivity index (χ4v) is 3.96. The molecule has 0 saturated heterocycles. The Morgan fingerprint density at radius 1 is 1.21 bits per heavy atom. The van der Waals surface area contributed by atoms with Gasteiger partial charge in [-0.2, -0.15) is 5.26 Å². The van der Waals surface area contributed by atoms with Crippen molar-refractivity contribution >= 4 is 56.2 Å². The second-order valence-electron chi connectivity index (χ2n) is 5.82. The molecule has 1 N–H and O–H groups in total. The minimum atomic E-state index is -0.449. The zero-order chi connectivity index (χ0) is 19.5. The number of allylic oxidation sites excluding steroid dienone is 1. The number of anilines is 1. The van der Waals surface area contributed by atoms with Gasteiger partial charge in [-0.15, -0.1) is 11.3 Å². The van der Waals surface area contributed by atoms with Gasteiger partial charge < -0.3 is 9.73 Å². The van der Waals surface area contributed by atoms with E-state index in [1.54, 1.807) is 23.7 Å². The first-order chi connectivity index (χ1) is 13.7. The summed E-state index contributed by atoms with van der Waals surface area (Å²) in [7, 11) is 0. The van der Waals surface area contributed by atoms with Gasteiger partial charge in [0.15, 0.2) is 0 Å². The first-order valence-electron chi connectivity index (χ1n) is 8.26. The molecule has 4 aromatic rings. The van der Waals surface area contributed by atoms with Gasteiger partial charge in [-0.3, -0.25) is 0 Å². The first kappa shape index (κ1) is 18.4. The Hall–Kier alpha value is -2.96. The molecule has 2 aromatic heterocycles. The number of benzene rings is 2. The van der Waals surface area contributed by atoms with Crippen LogP contribution in [-0.2, 0) is 0 Å². The van der Waals surface area contributed by atoms with Crippen LogP contribution in [-0.4, -0.2) is 4.98 Å². The number of fused-ring (bicyclic) bond motifs is 1. The molecule has 0 aliphatic rings. The average Bonchev–Trinajstić information content (AvgIpc) is 3.19. The Morgan fingerprint density at radius 2 is 2.00 bits per heavy atom. The summed E-state index contributed by atoms with van der Waals surface area (Å²) in [6, 6.07) is 19.0. The van der Waals surface area contributed by atoms with Crippen LogP contribution in [0.15, 0.2) is 75.4 Å². The second kappa shape index (κ2) is 7.96. The highest BCUT2D eigenvalue weighted by molar-refractivity contribution is 14.1. The SMILES string of the molecule is N#C/C(=C\Nc1ccccc1I)c1nc(-c2cc3ccccc3oc2=O)cs1. The summed E-state index contributed by atoms with van der Waals surface area (Å²) in [4.78, 5) is 16.8. The smallest absolute Gasteiger partial charge is 0.345 e. The number of rotatable bonds is 4. The fraction of sp³-hybridized carbons (Fsp3) is 0. The number of hydrogen-bond donors (Lipinski definition) is 1. The average molecular weight is 497 g/mol. The van der Waals surface area contributed by atoms with Crippen LogP contribution in [0.2, 0.25) is 0 Å². The molecule has 0 aliphatic heterocycles. The Labute approximate surface area is 178 Å². The van der Waals surface area contributed by atoms with E-state index in [1.165, 1.54) is 11.3 Å². The van der Waals surface area contributed by atoms with Gasteiger partial charge in [0.2, 0.25) is 0 Å². The van der Waals surface area contributed by atoms with E-state index in [-0.39, 0.29) is 0 Å². The highest BCUT2D eigenvalue weighted by atomic mass is 127. The summed E-state index contributed by atoms with van der Waals surface area (Å²) in [5.74, 6) is 0. The third kappa shape index (κ3) is 3.69. The van der Waals surface area contributed by atoms with Gasteiger partial charge in [-0.25, -0.2) is 9.78 Å². The fourth-order valence-electron chi connectivity index (χ4n) is 2.63. The molecule has 136 valence electrons. The van der Waals surface area contributed by atoms with E-state index in [4.69, 9.17) is 4.42 Å². The van der Waals surface area contributed by atoms with E-state index in [0.717, 1.165) is 14.6 Å². The molecule has 0 bridgehead atoms. The molecular weight excluding hydrogens is 485 g/mol. The number of aromatic nitrogens is 1. The molecule has 28 heavy (non-hydrogen) atoms. The summed E-state index contributed by atoms with van der Waals surface area (Å²) >= 11 is 3.53. The summed E-state index contributed by atoms with van der Waals surface area (Å²) in [5.41, 5.74) is 2.25. The monoisotopic (exact) mass is 497 g/mol. The molecule has 0 radical (unpaired) electrons.